The third-order valence-electron chi connectivity index (χ3n) is 8.23. The maximum atomic E-state index is 11.7. The molecule has 10 nitrogen and oxygen atoms in total. The van der Waals surface area contributed by atoms with E-state index in [1.807, 2.05) is 20.1 Å². The first-order chi connectivity index (χ1) is 19.3. The Bertz CT molecular complexity index is 1250. The molecule has 0 spiro atoms. The minimum Gasteiger partial charge on any atom is -0.381 e. The number of aliphatic imine (C=N–C) groups is 3. The third-order valence-corrected chi connectivity index (χ3v) is 8.38. The average Bonchev–Trinajstić information content (AvgIpc) is 3.60. The van der Waals surface area contributed by atoms with Crippen molar-refractivity contribution in [1.29, 1.82) is 0 Å². The van der Waals surface area contributed by atoms with Crippen LogP contribution in [-0.2, 0) is 4.74 Å². The van der Waals surface area contributed by atoms with E-state index >= 15 is 0 Å². The van der Waals surface area contributed by atoms with Gasteiger partial charge >= 0.3 is 5.76 Å². The normalized spacial score (nSPS) is 21.1. The standard InChI is InChI=1S/C29H42ClN7O3/c1-20(30)13-15-32-16-14-23-17-24(25(31)34-26(33-23)27-35-28(38)40-36-27)37(18-21-9-5-4-6-10-21)19-29(2,39-3)22-11-7-8-12-22/h13,16,21-22H,4-12,14-15,18-19H2,1-3H3,(H2,31,33,34)(H,35,36,38)/b20-13?,32-16-. The van der Waals surface area contributed by atoms with Crippen LogP contribution in [0.1, 0.15) is 83.9 Å². The maximum absolute atomic E-state index is 11.7. The summed E-state index contributed by atoms with van der Waals surface area (Å²) >= 11 is 5.93. The first-order valence-corrected chi connectivity index (χ1v) is 14.7. The van der Waals surface area contributed by atoms with Gasteiger partial charge in [-0.15, -0.1) is 0 Å². The summed E-state index contributed by atoms with van der Waals surface area (Å²) in [6.45, 7) is 6.00. The van der Waals surface area contributed by atoms with Crippen molar-refractivity contribution in [3.63, 3.8) is 0 Å². The highest BCUT2D eigenvalue weighted by molar-refractivity contribution is 6.29. The monoisotopic (exact) mass is 571 g/mol. The number of allylic oxidation sites excluding steroid dienone is 1. The van der Waals surface area contributed by atoms with Gasteiger partial charge in [-0.3, -0.25) is 14.5 Å². The molecule has 3 aliphatic rings. The predicted octanol–water partition coefficient (Wildman–Crippen LogP) is 4.93. The molecule has 0 amide bonds. The van der Waals surface area contributed by atoms with Gasteiger partial charge in [0.1, 0.15) is 5.70 Å². The number of hydrogen-bond acceptors (Lipinski definition) is 9. The zero-order valence-corrected chi connectivity index (χ0v) is 24.7. The number of H-pyrrole nitrogens is 1. The highest BCUT2D eigenvalue weighted by Gasteiger charge is 2.39. The van der Waals surface area contributed by atoms with E-state index in [-0.39, 0.29) is 23.1 Å². The Balaban J connectivity index is 1.73. The van der Waals surface area contributed by atoms with E-state index in [1.165, 1.54) is 44.9 Å². The van der Waals surface area contributed by atoms with Gasteiger partial charge in [0.15, 0.2) is 5.84 Å². The number of rotatable bonds is 12. The molecule has 0 bridgehead atoms. The quantitative estimate of drug-likeness (QED) is 0.270. The number of aromatic amines is 1. The van der Waals surface area contributed by atoms with E-state index in [2.05, 4.69) is 42.7 Å². The van der Waals surface area contributed by atoms with Crippen LogP contribution in [0.5, 0.6) is 0 Å². The van der Waals surface area contributed by atoms with E-state index in [4.69, 9.17) is 26.6 Å². The number of methoxy groups -OCH3 is 1. The molecule has 1 aromatic heterocycles. The molecule has 3 N–H and O–H groups in total. The summed E-state index contributed by atoms with van der Waals surface area (Å²) < 4.78 is 10.9. The minimum atomic E-state index is -0.689. The summed E-state index contributed by atoms with van der Waals surface area (Å²) in [4.78, 5) is 30.2. The third kappa shape index (κ3) is 8.05. The van der Waals surface area contributed by atoms with Crippen molar-refractivity contribution in [2.75, 3.05) is 26.7 Å². The fraction of sp³-hybridized carbons (Fsp3) is 0.655. The summed E-state index contributed by atoms with van der Waals surface area (Å²) in [5.41, 5.74) is 11.1. The van der Waals surface area contributed by atoms with Crippen LogP contribution in [0.4, 0.5) is 0 Å². The SMILES string of the molecule is COC(C)(CN(CC1CCCCC1)C1=C=C(C/C=N\CC=C(C)Cl)N=C(c2noc(=O)[nH]2)N=C1N)C1CCCC1. The molecule has 1 atom stereocenters. The Morgan fingerprint density at radius 2 is 1.98 bits per heavy atom. The molecule has 1 aliphatic heterocycles. The summed E-state index contributed by atoms with van der Waals surface area (Å²) in [5, 5.41) is 4.48. The Labute approximate surface area is 241 Å². The number of halogens is 1. The van der Waals surface area contributed by atoms with Crippen LogP contribution in [0.25, 0.3) is 0 Å². The highest BCUT2D eigenvalue weighted by atomic mass is 35.5. The molecule has 218 valence electrons. The predicted molar refractivity (Wildman–Crippen MR) is 159 cm³/mol. The topological polar surface area (TPSA) is 134 Å². The van der Waals surface area contributed by atoms with Crippen LogP contribution >= 0.6 is 11.6 Å². The van der Waals surface area contributed by atoms with Crippen LogP contribution in [0.2, 0.25) is 0 Å². The lowest BCUT2D eigenvalue weighted by Crippen LogP contribution is -2.49. The van der Waals surface area contributed by atoms with Gasteiger partial charge in [-0.25, -0.2) is 14.8 Å². The molecule has 11 heteroatoms. The average molecular weight is 572 g/mol. The van der Waals surface area contributed by atoms with Crippen molar-refractivity contribution in [3.05, 3.63) is 44.6 Å². The van der Waals surface area contributed by atoms with Gasteiger partial charge in [-0.05, 0) is 57.4 Å². The second-order valence-electron chi connectivity index (χ2n) is 11.2. The molecular weight excluding hydrogens is 530 g/mol. The number of nitrogens with one attached hydrogen (secondary N) is 1. The lowest BCUT2D eigenvalue weighted by molar-refractivity contribution is -0.0601. The van der Waals surface area contributed by atoms with Crippen molar-refractivity contribution in [1.82, 2.24) is 15.0 Å². The van der Waals surface area contributed by atoms with E-state index in [9.17, 15) is 4.79 Å². The molecule has 2 aliphatic carbocycles. The molecule has 0 saturated heterocycles. The Hall–Kier alpha value is -2.94. The molecular formula is C29H42ClN7O3. The number of aromatic nitrogens is 2. The molecule has 1 aromatic rings. The van der Waals surface area contributed by atoms with Gasteiger partial charge in [0.2, 0.25) is 11.7 Å². The highest BCUT2D eigenvalue weighted by Crippen LogP contribution is 2.38. The van der Waals surface area contributed by atoms with Crippen molar-refractivity contribution >= 4 is 29.5 Å². The molecule has 2 fully saturated rings. The first kappa shape index (κ1) is 30.0. The maximum Gasteiger partial charge on any atom is 0.439 e. The second-order valence-corrected chi connectivity index (χ2v) is 11.8. The zero-order valence-electron chi connectivity index (χ0n) is 23.9. The smallest absolute Gasteiger partial charge is 0.381 e. The second kappa shape index (κ2) is 14.1. The largest absolute Gasteiger partial charge is 0.439 e. The molecule has 2 saturated carbocycles. The van der Waals surface area contributed by atoms with Crippen LogP contribution in [0, 0.1) is 11.8 Å². The summed E-state index contributed by atoms with van der Waals surface area (Å²) in [6, 6.07) is 0. The Kier molecular flexibility index (Phi) is 10.6. The van der Waals surface area contributed by atoms with Gasteiger partial charge in [0, 0.05) is 37.9 Å². The zero-order chi connectivity index (χ0) is 28.5. The van der Waals surface area contributed by atoms with E-state index in [1.54, 1.807) is 6.21 Å². The minimum absolute atomic E-state index is 0.109. The first-order valence-electron chi connectivity index (χ1n) is 14.4. The van der Waals surface area contributed by atoms with E-state index in [0.29, 0.717) is 47.8 Å². The van der Waals surface area contributed by atoms with Crippen LogP contribution in [0.3, 0.4) is 0 Å². The van der Waals surface area contributed by atoms with Gasteiger partial charge < -0.3 is 15.4 Å². The van der Waals surface area contributed by atoms with Gasteiger partial charge in [0.05, 0.1) is 17.8 Å². The number of nitrogens with two attached hydrogens (primary N) is 1. The van der Waals surface area contributed by atoms with Gasteiger partial charge in [-0.1, -0.05) is 54.6 Å². The lowest BCUT2D eigenvalue weighted by Gasteiger charge is -2.41. The molecule has 0 aromatic carbocycles. The van der Waals surface area contributed by atoms with Crippen LogP contribution in [0.15, 0.2) is 52.5 Å². The van der Waals surface area contributed by atoms with Crippen molar-refractivity contribution in [2.24, 2.45) is 32.5 Å². The van der Waals surface area contributed by atoms with Crippen molar-refractivity contribution in [2.45, 2.75) is 83.7 Å². The number of ether oxygens (including phenoxy) is 1. The van der Waals surface area contributed by atoms with Crippen LogP contribution in [-0.4, -0.2) is 65.3 Å². The fourth-order valence-electron chi connectivity index (χ4n) is 5.91. The van der Waals surface area contributed by atoms with E-state index < -0.39 is 5.76 Å². The molecule has 1 unspecified atom stereocenters. The van der Waals surface area contributed by atoms with Gasteiger partial charge in [0.25, 0.3) is 0 Å². The van der Waals surface area contributed by atoms with Crippen molar-refractivity contribution < 1.29 is 9.26 Å². The Morgan fingerprint density at radius 3 is 2.62 bits per heavy atom. The molecule has 2 heterocycles. The Morgan fingerprint density at radius 1 is 1.25 bits per heavy atom. The van der Waals surface area contributed by atoms with Gasteiger partial charge in [-0.2, -0.15) is 0 Å². The molecule has 40 heavy (non-hydrogen) atoms. The molecule has 0 radical (unpaired) electrons. The summed E-state index contributed by atoms with van der Waals surface area (Å²) in [5.74, 6) is 0.858. The fourth-order valence-corrected chi connectivity index (χ4v) is 5.98. The number of nitrogens with zero attached hydrogens (tertiary/aromatic N) is 5. The van der Waals surface area contributed by atoms with E-state index in [0.717, 1.165) is 19.4 Å². The number of amidine groups is 2. The molecule has 4 rings (SSSR count). The number of hydrogen-bond donors (Lipinski definition) is 2. The summed E-state index contributed by atoms with van der Waals surface area (Å²) in [7, 11) is 1.81. The van der Waals surface area contributed by atoms with Crippen molar-refractivity contribution in [3.8, 4) is 0 Å². The van der Waals surface area contributed by atoms with Crippen LogP contribution < -0.4 is 11.5 Å². The summed E-state index contributed by atoms with van der Waals surface area (Å²) in [6.07, 6.45) is 14.9. The lowest BCUT2D eigenvalue weighted by atomic mass is 9.85.